The Kier molecular flexibility index (Phi) is 13.5. The number of nitrogens with two attached hydrogens (primary N) is 2. The first-order valence-corrected chi connectivity index (χ1v) is 12.7. The number of carbonyl (C=O) groups is 7. The molecule has 0 aromatic rings. The van der Waals surface area contributed by atoms with Gasteiger partial charge in [0.1, 0.15) is 24.2 Å². The maximum absolute atomic E-state index is 13.0. The summed E-state index contributed by atoms with van der Waals surface area (Å²) in [4.78, 5) is 86.6. The van der Waals surface area contributed by atoms with Crippen LogP contribution in [0.2, 0.25) is 0 Å². The van der Waals surface area contributed by atoms with Crippen LogP contribution in [0.15, 0.2) is 0 Å². The number of aliphatic hydroxyl groups excluding tert-OH is 3. The van der Waals surface area contributed by atoms with Gasteiger partial charge in [0.15, 0.2) is 0 Å². The Balaban J connectivity index is 2.95. The highest BCUT2D eigenvalue weighted by molar-refractivity contribution is 5.97. The second-order valence-corrected chi connectivity index (χ2v) is 9.98. The summed E-state index contributed by atoms with van der Waals surface area (Å²) in [5.41, 5.74) is 10.8. The van der Waals surface area contributed by atoms with E-state index >= 15 is 0 Å². The molecule has 0 bridgehead atoms. The monoisotopic (exact) mass is 589 g/mol. The summed E-state index contributed by atoms with van der Waals surface area (Å²) >= 11 is 0. The number of amides is 6. The number of carbonyl (C=O) groups excluding carboxylic acids is 6. The molecule has 0 radical (unpaired) electrons. The SMILES string of the molecule is CC(C)[C@H](N)C(=O)NCC(=O)N[C@@H](CO)C(=O)N[C@@H](CC(N)=O)C(=O)N[C@H](C(=O)N1C[C@H](O)C[C@H]1C(=O)O)[C@@H](C)O. The number of aliphatic carboxylic acids is 1. The lowest BCUT2D eigenvalue weighted by molar-refractivity contribution is -0.151. The fraction of sp³-hybridized carbons (Fsp3) is 0.696. The first-order valence-electron chi connectivity index (χ1n) is 12.7. The van der Waals surface area contributed by atoms with Crippen LogP contribution < -0.4 is 32.7 Å². The largest absolute Gasteiger partial charge is 0.480 e. The standard InChI is InChI=1S/C23H39N7O11/c1-9(2)17(25)21(38)26-6-16(35)27-13(8-31)20(37)28-12(5-15(24)34)19(36)29-18(10(3)32)22(39)30-7-11(33)4-14(30)23(40)41/h9-14,17-18,31-33H,4-8,25H2,1-3H3,(H2,24,34)(H,26,38)(H,27,35)(H,28,37)(H,29,36)(H,40,41)/t10-,11-,12+,13+,14+,17+,18+/m1/s1. The van der Waals surface area contributed by atoms with Crippen LogP contribution in [-0.4, -0.2) is 129 Å². The molecule has 12 N–H and O–H groups in total. The van der Waals surface area contributed by atoms with Gasteiger partial charge in [0.05, 0.1) is 37.8 Å². The van der Waals surface area contributed by atoms with Crippen LogP contribution in [-0.2, 0) is 33.6 Å². The number of primary amides is 1. The van der Waals surface area contributed by atoms with E-state index in [0.717, 1.165) is 11.8 Å². The van der Waals surface area contributed by atoms with Crippen LogP contribution in [0.25, 0.3) is 0 Å². The highest BCUT2D eigenvalue weighted by Crippen LogP contribution is 2.20. The molecular weight excluding hydrogens is 550 g/mol. The van der Waals surface area contributed by atoms with E-state index in [1.165, 1.54) is 0 Å². The molecule has 232 valence electrons. The number of carboxylic acids is 1. The van der Waals surface area contributed by atoms with Crippen LogP contribution in [0.5, 0.6) is 0 Å². The molecule has 18 heteroatoms. The van der Waals surface area contributed by atoms with Crippen molar-refractivity contribution in [2.24, 2.45) is 17.4 Å². The minimum Gasteiger partial charge on any atom is -0.480 e. The average molecular weight is 590 g/mol. The van der Waals surface area contributed by atoms with Crippen LogP contribution >= 0.6 is 0 Å². The maximum atomic E-state index is 13.0. The molecule has 0 aromatic heterocycles. The molecule has 18 nitrogen and oxygen atoms in total. The van der Waals surface area contributed by atoms with Gasteiger partial charge in [-0.15, -0.1) is 0 Å². The minimum absolute atomic E-state index is 0.216. The molecule has 0 spiro atoms. The zero-order chi connectivity index (χ0) is 31.6. The zero-order valence-electron chi connectivity index (χ0n) is 22.9. The van der Waals surface area contributed by atoms with Gasteiger partial charge < -0.3 is 58.1 Å². The van der Waals surface area contributed by atoms with E-state index in [1.807, 2.05) is 0 Å². The van der Waals surface area contributed by atoms with Gasteiger partial charge >= 0.3 is 5.97 Å². The lowest BCUT2D eigenvalue weighted by Crippen LogP contribution is -2.61. The molecule has 1 rings (SSSR count). The van der Waals surface area contributed by atoms with E-state index in [2.05, 4.69) is 21.3 Å². The van der Waals surface area contributed by atoms with E-state index < -0.39 is 103 Å². The summed E-state index contributed by atoms with van der Waals surface area (Å²) in [7, 11) is 0. The smallest absolute Gasteiger partial charge is 0.326 e. The number of rotatable bonds is 15. The van der Waals surface area contributed by atoms with E-state index in [4.69, 9.17) is 11.5 Å². The minimum atomic E-state index is -1.75. The van der Waals surface area contributed by atoms with Crippen molar-refractivity contribution >= 4 is 41.4 Å². The normalized spacial score (nSPS) is 20.2. The number of nitrogens with one attached hydrogen (secondary N) is 4. The molecule has 1 fully saturated rings. The Morgan fingerprint density at radius 1 is 0.951 bits per heavy atom. The fourth-order valence-electron chi connectivity index (χ4n) is 3.82. The van der Waals surface area contributed by atoms with Crippen molar-refractivity contribution in [2.75, 3.05) is 19.7 Å². The van der Waals surface area contributed by atoms with Gasteiger partial charge in [0.2, 0.25) is 35.4 Å². The topological polar surface area (TPSA) is 304 Å². The highest BCUT2D eigenvalue weighted by atomic mass is 16.4. The Hall–Kier alpha value is -3.87. The Bertz CT molecular complexity index is 1010. The number of nitrogens with zero attached hydrogens (tertiary/aromatic N) is 1. The third-order valence-corrected chi connectivity index (χ3v) is 6.21. The molecule has 1 aliphatic heterocycles. The van der Waals surface area contributed by atoms with Gasteiger partial charge in [0, 0.05) is 13.0 Å². The Morgan fingerprint density at radius 2 is 1.54 bits per heavy atom. The second-order valence-electron chi connectivity index (χ2n) is 9.98. The van der Waals surface area contributed by atoms with Crippen molar-refractivity contribution in [1.82, 2.24) is 26.2 Å². The lowest BCUT2D eigenvalue weighted by Gasteiger charge is -2.30. The van der Waals surface area contributed by atoms with E-state index in [-0.39, 0.29) is 18.9 Å². The fourth-order valence-corrected chi connectivity index (χ4v) is 3.82. The third kappa shape index (κ3) is 10.6. The van der Waals surface area contributed by atoms with Gasteiger partial charge in [-0.3, -0.25) is 28.8 Å². The number of hydrogen-bond donors (Lipinski definition) is 10. The third-order valence-electron chi connectivity index (χ3n) is 6.21. The number of β-amino-alcohol motifs (C(OH)–C–C–N with tert-alkyl or cyclic N) is 1. The van der Waals surface area contributed by atoms with E-state index in [0.29, 0.717) is 0 Å². The number of likely N-dealkylation sites (tertiary alicyclic amines) is 1. The molecule has 41 heavy (non-hydrogen) atoms. The summed E-state index contributed by atoms with van der Waals surface area (Å²) in [6, 6.07) is -7.44. The van der Waals surface area contributed by atoms with Crippen LogP contribution in [0.4, 0.5) is 0 Å². The molecule has 1 saturated heterocycles. The maximum Gasteiger partial charge on any atom is 0.326 e. The molecule has 0 aromatic carbocycles. The molecule has 1 aliphatic rings. The van der Waals surface area contributed by atoms with Crippen LogP contribution in [0.3, 0.4) is 0 Å². The molecule has 1 heterocycles. The van der Waals surface area contributed by atoms with Crippen molar-refractivity contribution in [1.29, 1.82) is 0 Å². The molecule has 7 atom stereocenters. The van der Waals surface area contributed by atoms with Crippen molar-refractivity contribution < 1.29 is 54.0 Å². The van der Waals surface area contributed by atoms with Crippen LogP contribution in [0.1, 0.15) is 33.6 Å². The van der Waals surface area contributed by atoms with E-state index in [1.54, 1.807) is 13.8 Å². The quantitative estimate of drug-likeness (QED) is 0.0853. The number of carboxylic acid groups (broad SMARTS) is 1. The van der Waals surface area contributed by atoms with Gasteiger partial charge in [-0.25, -0.2) is 4.79 Å². The Labute approximate surface area is 235 Å². The van der Waals surface area contributed by atoms with Crippen molar-refractivity contribution in [3.63, 3.8) is 0 Å². The van der Waals surface area contributed by atoms with Crippen molar-refractivity contribution in [3.8, 4) is 0 Å². The number of hydrogen-bond acceptors (Lipinski definition) is 11. The molecule has 0 unspecified atom stereocenters. The first kappa shape index (κ1) is 35.2. The highest BCUT2D eigenvalue weighted by Gasteiger charge is 2.43. The summed E-state index contributed by atoms with van der Waals surface area (Å²) in [6.45, 7) is 2.59. The summed E-state index contributed by atoms with van der Waals surface area (Å²) < 4.78 is 0. The van der Waals surface area contributed by atoms with Crippen LogP contribution in [0, 0.1) is 5.92 Å². The predicted molar refractivity (Wildman–Crippen MR) is 138 cm³/mol. The zero-order valence-corrected chi connectivity index (χ0v) is 22.9. The summed E-state index contributed by atoms with van der Waals surface area (Å²) in [5.74, 6) is -7.56. The van der Waals surface area contributed by atoms with Gasteiger partial charge in [-0.1, -0.05) is 13.8 Å². The lowest BCUT2D eigenvalue weighted by atomic mass is 10.1. The van der Waals surface area contributed by atoms with Gasteiger partial charge in [-0.2, -0.15) is 0 Å². The van der Waals surface area contributed by atoms with Gasteiger partial charge in [0.25, 0.3) is 0 Å². The summed E-state index contributed by atoms with van der Waals surface area (Å²) in [5, 5.41) is 47.6. The first-order chi connectivity index (χ1) is 19.0. The Morgan fingerprint density at radius 3 is 2.02 bits per heavy atom. The number of aliphatic hydroxyl groups is 3. The molecule has 0 saturated carbocycles. The molecule has 0 aliphatic carbocycles. The predicted octanol–water partition coefficient (Wildman–Crippen LogP) is -6.16. The second kappa shape index (κ2) is 15.8. The van der Waals surface area contributed by atoms with Crippen molar-refractivity contribution in [3.05, 3.63) is 0 Å². The molecule has 6 amide bonds. The van der Waals surface area contributed by atoms with Crippen molar-refractivity contribution in [2.45, 2.75) is 76.0 Å². The van der Waals surface area contributed by atoms with E-state index in [9.17, 15) is 54.0 Å². The summed E-state index contributed by atoms with van der Waals surface area (Å²) in [6.07, 6.45) is -3.80. The average Bonchev–Trinajstić information content (AvgIpc) is 3.28. The van der Waals surface area contributed by atoms with Gasteiger partial charge in [-0.05, 0) is 12.8 Å². The molecular formula is C23H39N7O11.